The number of likely N-dealkylation sites (tertiary alicyclic amines) is 1. The van der Waals surface area contributed by atoms with Crippen molar-refractivity contribution in [2.24, 2.45) is 5.73 Å². The van der Waals surface area contributed by atoms with E-state index in [2.05, 4.69) is 48.0 Å². The van der Waals surface area contributed by atoms with Gasteiger partial charge in [-0.15, -0.1) is 0 Å². The Kier molecular flexibility index (Phi) is 13.9. The summed E-state index contributed by atoms with van der Waals surface area (Å²) in [7, 11) is 0. The number of aromatic nitrogens is 6. The number of carbonyl (C=O) groups is 1. The third-order valence-electron chi connectivity index (χ3n) is 10.1. The minimum atomic E-state index is -0.413. The van der Waals surface area contributed by atoms with Crippen LogP contribution in [0.25, 0.3) is 44.3 Å². The van der Waals surface area contributed by atoms with Crippen LogP contribution in [-0.2, 0) is 9.47 Å². The first-order chi connectivity index (χ1) is 27.9. The van der Waals surface area contributed by atoms with E-state index >= 15 is 0 Å². The van der Waals surface area contributed by atoms with E-state index < -0.39 is 5.60 Å². The molecule has 0 spiro atoms. The molecule has 1 unspecified atom stereocenters. The number of anilines is 3. The van der Waals surface area contributed by atoms with Crippen LogP contribution in [0.2, 0.25) is 5.02 Å². The normalized spacial score (nSPS) is 19.0. The average Bonchev–Trinajstić information content (AvgIpc) is 4.04. The fraction of sp³-hybridized carbons (Fsp3) is 0.419. The number of pyridine rings is 2. The molecule has 3 saturated heterocycles. The standard InChI is InChI=1S/C17H17ClN4O.C16H18N6.C9H18N2O2.CH4/c18-13-10-16(19)21-14-9-11(4-5-12(13)14)15-6-7-20-22(15)17-3-1-2-8-23-17;17-16-8-15(20-11-3-5-18-9-11)12-2-1-10(7-14(12)21-16)13-4-6-19-22-13;1-9(2,3)13-8(12)11-5-4-7(10)6-11;/h4-7,9-10,17H,1-3,8H2,(H2,19,21);1-2,4,6-8,11,18H,3,5,9H2,(H,19,22)(H3,17,20,21);7H,4-6,10H2,1-3H3;1H4/t;11-;7-;/m.10./s1. The number of hydrogen-bond donors (Lipinski definition) is 6. The SMILES string of the molecule is C.CC(C)(C)OC(=O)N1CC[C@H](N)C1.Nc1cc(Cl)c2ccc(-c3ccnn3C3CCCCO3)cc2n1.Nc1cc(N[C@@H]2CCNC2)c2ccc(-c3ccn[nH]3)cc2n1. The second-order valence-corrected chi connectivity index (χ2v) is 16.3. The highest BCUT2D eigenvalue weighted by Crippen LogP contribution is 2.33. The van der Waals surface area contributed by atoms with Crippen molar-refractivity contribution in [2.75, 3.05) is 49.6 Å². The van der Waals surface area contributed by atoms with Gasteiger partial charge in [-0.3, -0.25) is 5.10 Å². The number of nitrogens with zero attached hydrogens (tertiary/aromatic N) is 6. The highest BCUT2D eigenvalue weighted by Gasteiger charge is 2.28. The smallest absolute Gasteiger partial charge is 0.410 e. The summed E-state index contributed by atoms with van der Waals surface area (Å²) < 4.78 is 13.0. The number of fused-ring (bicyclic) bond motifs is 2. The van der Waals surface area contributed by atoms with Crippen molar-refractivity contribution >= 4 is 56.8 Å². The molecular formula is C43H57ClN12O3. The minimum absolute atomic E-state index is 0. The fourth-order valence-corrected chi connectivity index (χ4v) is 7.55. The number of carbonyl (C=O) groups excluding carboxylic acids is 1. The summed E-state index contributed by atoms with van der Waals surface area (Å²) in [5.41, 5.74) is 23.8. The largest absolute Gasteiger partial charge is 0.444 e. The molecule has 314 valence electrons. The van der Waals surface area contributed by atoms with Gasteiger partial charge in [0.1, 0.15) is 17.2 Å². The molecule has 3 atom stereocenters. The minimum Gasteiger partial charge on any atom is -0.444 e. The Labute approximate surface area is 350 Å². The summed E-state index contributed by atoms with van der Waals surface area (Å²) in [5, 5.41) is 21.0. The number of nitrogen functional groups attached to an aromatic ring is 2. The summed E-state index contributed by atoms with van der Waals surface area (Å²) in [6.07, 6.45) is 8.56. The van der Waals surface area contributed by atoms with Crippen molar-refractivity contribution in [2.45, 2.75) is 84.2 Å². The molecule has 1 amide bonds. The Balaban J connectivity index is 0.000000154. The first-order valence-corrected chi connectivity index (χ1v) is 20.2. The van der Waals surface area contributed by atoms with Crippen LogP contribution >= 0.6 is 11.6 Å². The van der Waals surface area contributed by atoms with Crippen LogP contribution in [0, 0.1) is 0 Å². The number of amides is 1. The highest BCUT2D eigenvalue weighted by atomic mass is 35.5. The number of halogens is 1. The number of benzene rings is 2. The predicted octanol–water partition coefficient (Wildman–Crippen LogP) is 7.60. The van der Waals surface area contributed by atoms with Gasteiger partial charge < -0.3 is 42.2 Å². The lowest BCUT2D eigenvalue weighted by Crippen LogP contribution is -2.36. The molecule has 9 N–H and O–H groups in total. The van der Waals surface area contributed by atoms with E-state index in [9.17, 15) is 4.79 Å². The molecule has 9 rings (SSSR count). The van der Waals surface area contributed by atoms with Gasteiger partial charge in [0.25, 0.3) is 0 Å². The zero-order chi connectivity index (χ0) is 40.8. The van der Waals surface area contributed by atoms with Crippen LogP contribution < -0.4 is 27.8 Å². The molecular weight excluding hydrogens is 768 g/mol. The maximum Gasteiger partial charge on any atom is 0.410 e. The van der Waals surface area contributed by atoms with E-state index in [0.29, 0.717) is 29.2 Å². The van der Waals surface area contributed by atoms with Gasteiger partial charge in [-0.1, -0.05) is 43.3 Å². The Morgan fingerprint density at radius 3 is 2.36 bits per heavy atom. The van der Waals surface area contributed by atoms with Gasteiger partial charge in [0, 0.05) is 84.4 Å². The van der Waals surface area contributed by atoms with Crippen LogP contribution in [-0.4, -0.2) is 91.4 Å². The number of aromatic amines is 1. The predicted molar refractivity (Wildman–Crippen MR) is 237 cm³/mol. The van der Waals surface area contributed by atoms with E-state index in [1.165, 1.54) is 0 Å². The summed E-state index contributed by atoms with van der Waals surface area (Å²) >= 11 is 6.24. The lowest BCUT2D eigenvalue weighted by atomic mass is 10.1. The lowest BCUT2D eigenvalue weighted by molar-refractivity contribution is -0.0383. The second kappa shape index (κ2) is 19.1. The molecule has 3 aliphatic rings. The van der Waals surface area contributed by atoms with Crippen LogP contribution in [0.3, 0.4) is 0 Å². The molecule has 16 heteroatoms. The van der Waals surface area contributed by atoms with Gasteiger partial charge in [0.15, 0.2) is 6.23 Å². The molecule has 3 aliphatic heterocycles. The van der Waals surface area contributed by atoms with E-state index in [0.717, 1.165) is 108 Å². The molecule has 3 fully saturated rings. The zero-order valence-electron chi connectivity index (χ0n) is 33.2. The molecule has 2 aromatic carbocycles. The summed E-state index contributed by atoms with van der Waals surface area (Å²) in [5.74, 6) is 0.950. The Hall–Kier alpha value is -5.48. The molecule has 4 aromatic heterocycles. The van der Waals surface area contributed by atoms with Crippen LogP contribution in [0.1, 0.15) is 66.5 Å². The topological polar surface area (TPSA) is 213 Å². The van der Waals surface area contributed by atoms with Crippen LogP contribution in [0.5, 0.6) is 0 Å². The molecule has 0 radical (unpaired) electrons. The summed E-state index contributed by atoms with van der Waals surface area (Å²) in [4.78, 5) is 22.0. The number of rotatable bonds is 5. The van der Waals surface area contributed by atoms with Gasteiger partial charge >= 0.3 is 6.09 Å². The molecule has 15 nitrogen and oxygen atoms in total. The maximum atomic E-state index is 11.5. The number of hydrogen-bond acceptors (Lipinski definition) is 12. The van der Waals surface area contributed by atoms with Crippen molar-refractivity contribution in [1.29, 1.82) is 0 Å². The van der Waals surface area contributed by atoms with Crippen LogP contribution in [0.15, 0.2) is 73.1 Å². The van der Waals surface area contributed by atoms with Crippen molar-refractivity contribution < 1.29 is 14.3 Å². The van der Waals surface area contributed by atoms with E-state index in [1.54, 1.807) is 23.4 Å². The number of H-pyrrole nitrogens is 1. The molecule has 0 aliphatic carbocycles. The first kappa shape index (κ1) is 43.1. The van der Waals surface area contributed by atoms with Crippen LogP contribution in [0.4, 0.5) is 22.1 Å². The third-order valence-corrected chi connectivity index (χ3v) is 10.4. The molecule has 7 heterocycles. The van der Waals surface area contributed by atoms with Gasteiger partial charge in [0.2, 0.25) is 0 Å². The third kappa shape index (κ3) is 11.0. The van der Waals surface area contributed by atoms with Gasteiger partial charge in [-0.05, 0) is 89.8 Å². The fourth-order valence-electron chi connectivity index (χ4n) is 7.28. The van der Waals surface area contributed by atoms with Gasteiger partial charge in [-0.25, -0.2) is 19.4 Å². The average molecular weight is 825 g/mol. The van der Waals surface area contributed by atoms with Crippen molar-refractivity contribution in [3.05, 3.63) is 78.1 Å². The lowest BCUT2D eigenvalue weighted by Gasteiger charge is -2.24. The Morgan fingerprint density at radius 1 is 0.932 bits per heavy atom. The van der Waals surface area contributed by atoms with Gasteiger partial charge in [0.05, 0.1) is 27.4 Å². The summed E-state index contributed by atoms with van der Waals surface area (Å²) in [6.45, 7) is 9.75. The number of ether oxygens (including phenoxy) is 2. The Bertz CT molecular complexity index is 2320. The molecule has 0 saturated carbocycles. The monoisotopic (exact) mass is 824 g/mol. The van der Waals surface area contributed by atoms with Crippen molar-refractivity contribution in [3.8, 4) is 22.5 Å². The second-order valence-electron chi connectivity index (χ2n) is 15.8. The van der Waals surface area contributed by atoms with Crippen molar-refractivity contribution in [3.63, 3.8) is 0 Å². The van der Waals surface area contributed by atoms with E-state index in [4.69, 9.17) is 38.3 Å². The first-order valence-electron chi connectivity index (χ1n) is 19.8. The number of nitrogens with one attached hydrogen (secondary N) is 3. The summed E-state index contributed by atoms with van der Waals surface area (Å²) in [6, 6.07) is 20.3. The zero-order valence-corrected chi connectivity index (χ0v) is 34.0. The maximum absolute atomic E-state index is 11.5. The molecule has 0 bridgehead atoms. The quantitative estimate of drug-likeness (QED) is 0.0992. The van der Waals surface area contributed by atoms with E-state index in [1.807, 2.05) is 67.9 Å². The molecule has 59 heavy (non-hydrogen) atoms. The number of nitrogens with two attached hydrogens (primary N) is 3. The van der Waals surface area contributed by atoms with Crippen molar-refractivity contribution in [1.82, 2.24) is 40.2 Å². The highest BCUT2D eigenvalue weighted by molar-refractivity contribution is 6.35. The van der Waals surface area contributed by atoms with Gasteiger partial charge in [-0.2, -0.15) is 10.2 Å². The Morgan fingerprint density at radius 2 is 1.68 bits per heavy atom. The molecule has 6 aromatic rings. The van der Waals surface area contributed by atoms with E-state index in [-0.39, 0.29) is 25.8 Å².